The molecular weight excluding hydrogens is 234 g/mol. The summed E-state index contributed by atoms with van der Waals surface area (Å²) in [6.07, 6.45) is 1.50. The van der Waals surface area contributed by atoms with E-state index in [-0.39, 0.29) is 0 Å². The van der Waals surface area contributed by atoms with Crippen molar-refractivity contribution < 1.29 is 5.11 Å². The summed E-state index contributed by atoms with van der Waals surface area (Å²) in [7, 11) is 0. The summed E-state index contributed by atoms with van der Waals surface area (Å²) in [6.45, 7) is 13.4. The Hall–Kier alpha value is -0.860. The lowest BCUT2D eigenvalue weighted by Gasteiger charge is -2.26. The molecule has 108 valence electrons. The summed E-state index contributed by atoms with van der Waals surface area (Å²) in [5, 5.41) is 13.9. The van der Waals surface area contributed by atoms with Crippen LogP contribution in [0.2, 0.25) is 0 Å². The Bertz CT molecular complexity index is 398. The van der Waals surface area contributed by atoms with E-state index in [9.17, 15) is 5.11 Å². The second-order valence-electron chi connectivity index (χ2n) is 6.41. The average Bonchev–Trinajstić information content (AvgIpc) is 2.22. The van der Waals surface area contributed by atoms with E-state index in [0.717, 1.165) is 19.4 Å². The predicted octanol–water partition coefficient (Wildman–Crippen LogP) is 3.29. The Kier molecular flexibility index (Phi) is 5.57. The van der Waals surface area contributed by atoms with Crippen molar-refractivity contribution in [1.29, 1.82) is 0 Å². The van der Waals surface area contributed by atoms with Gasteiger partial charge in [0, 0.05) is 12.5 Å². The van der Waals surface area contributed by atoms with Gasteiger partial charge in [0.1, 0.15) is 0 Å². The van der Waals surface area contributed by atoms with E-state index in [4.69, 9.17) is 0 Å². The third-order valence-electron chi connectivity index (χ3n) is 3.61. The Morgan fingerprint density at radius 3 is 2.16 bits per heavy atom. The first-order valence-corrected chi connectivity index (χ1v) is 7.24. The van der Waals surface area contributed by atoms with E-state index in [2.05, 4.69) is 52.1 Å². The largest absolute Gasteiger partial charge is 0.390 e. The molecule has 19 heavy (non-hydrogen) atoms. The zero-order chi connectivity index (χ0) is 14.6. The molecule has 2 nitrogen and oxygen atoms in total. The van der Waals surface area contributed by atoms with Crippen LogP contribution in [0.4, 0.5) is 0 Å². The molecule has 0 spiro atoms. The van der Waals surface area contributed by atoms with Crippen LogP contribution in [0.5, 0.6) is 0 Å². The van der Waals surface area contributed by atoms with Crippen LogP contribution in [0.15, 0.2) is 12.1 Å². The van der Waals surface area contributed by atoms with Crippen LogP contribution in [-0.4, -0.2) is 23.3 Å². The van der Waals surface area contributed by atoms with Gasteiger partial charge < -0.3 is 10.4 Å². The molecule has 0 aliphatic rings. The smallest absolute Gasteiger partial charge is 0.0672 e. The van der Waals surface area contributed by atoms with Crippen LogP contribution in [-0.2, 0) is 6.42 Å². The predicted molar refractivity (Wildman–Crippen MR) is 82.7 cm³/mol. The minimum atomic E-state index is -0.646. The Labute approximate surface area is 118 Å². The molecule has 0 fully saturated rings. The van der Waals surface area contributed by atoms with Gasteiger partial charge >= 0.3 is 0 Å². The maximum Gasteiger partial charge on any atom is 0.0672 e. The first kappa shape index (κ1) is 16.2. The van der Waals surface area contributed by atoms with Crippen molar-refractivity contribution in [3.63, 3.8) is 0 Å². The van der Waals surface area contributed by atoms with Gasteiger partial charge in [0.25, 0.3) is 0 Å². The van der Waals surface area contributed by atoms with E-state index >= 15 is 0 Å². The Morgan fingerprint density at radius 2 is 1.68 bits per heavy atom. The number of hydrogen-bond donors (Lipinski definition) is 2. The summed E-state index contributed by atoms with van der Waals surface area (Å²) in [6, 6.07) is 4.87. The third kappa shape index (κ3) is 5.33. The number of rotatable bonds is 6. The molecule has 0 aliphatic carbocycles. The van der Waals surface area contributed by atoms with Gasteiger partial charge in [0.15, 0.2) is 0 Å². The average molecular weight is 263 g/mol. The van der Waals surface area contributed by atoms with Crippen molar-refractivity contribution >= 4 is 0 Å². The zero-order valence-corrected chi connectivity index (χ0v) is 13.3. The summed E-state index contributed by atoms with van der Waals surface area (Å²) in [5.74, 6) is 0. The van der Waals surface area contributed by atoms with E-state index in [0.29, 0.717) is 6.04 Å². The van der Waals surface area contributed by atoms with E-state index < -0.39 is 5.60 Å². The maximum atomic E-state index is 10.6. The third-order valence-corrected chi connectivity index (χ3v) is 3.61. The van der Waals surface area contributed by atoms with Gasteiger partial charge in [0.05, 0.1) is 5.60 Å². The lowest BCUT2D eigenvalue weighted by atomic mass is 9.87. The highest BCUT2D eigenvalue weighted by atomic mass is 16.3. The first-order valence-electron chi connectivity index (χ1n) is 7.24. The van der Waals surface area contributed by atoms with Crippen molar-refractivity contribution in [2.45, 2.75) is 66.0 Å². The van der Waals surface area contributed by atoms with Crippen molar-refractivity contribution in [2.24, 2.45) is 0 Å². The molecule has 0 aromatic heterocycles. The summed E-state index contributed by atoms with van der Waals surface area (Å²) < 4.78 is 0. The molecule has 1 rings (SSSR count). The number of aliphatic hydroxyl groups is 1. The van der Waals surface area contributed by atoms with Gasteiger partial charge in [-0.3, -0.25) is 0 Å². The SMILES string of the molecule is Cc1cc(C)c(CC(C)(O)CCNC(C)C)c(C)c1. The molecule has 1 aromatic carbocycles. The van der Waals surface area contributed by atoms with Gasteiger partial charge in [-0.15, -0.1) is 0 Å². The lowest BCUT2D eigenvalue weighted by Crippen LogP contribution is -2.34. The molecule has 0 saturated heterocycles. The Balaban J connectivity index is 2.72. The van der Waals surface area contributed by atoms with Gasteiger partial charge in [-0.1, -0.05) is 31.5 Å². The van der Waals surface area contributed by atoms with Crippen LogP contribution < -0.4 is 5.32 Å². The van der Waals surface area contributed by atoms with E-state index in [1.807, 2.05) is 6.92 Å². The van der Waals surface area contributed by atoms with Gasteiger partial charge in [-0.25, -0.2) is 0 Å². The van der Waals surface area contributed by atoms with E-state index in [1.54, 1.807) is 0 Å². The van der Waals surface area contributed by atoms with Crippen LogP contribution in [0.25, 0.3) is 0 Å². The molecule has 1 unspecified atom stereocenters. The van der Waals surface area contributed by atoms with Gasteiger partial charge in [-0.05, 0) is 57.4 Å². The number of aryl methyl sites for hydroxylation is 3. The molecule has 0 saturated carbocycles. The summed E-state index contributed by atoms with van der Waals surface area (Å²) >= 11 is 0. The van der Waals surface area contributed by atoms with Crippen molar-refractivity contribution in [1.82, 2.24) is 5.32 Å². The molecule has 2 heteroatoms. The fourth-order valence-electron chi connectivity index (χ4n) is 2.59. The molecule has 0 amide bonds. The number of nitrogens with one attached hydrogen (secondary N) is 1. The summed E-state index contributed by atoms with van der Waals surface area (Å²) in [5.41, 5.74) is 4.51. The fourth-order valence-corrected chi connectivity index (χ4v) is 2.59. The van der Waals surface area contributed by atoms with Gasteiger partial charge in [0.2, 0.25) is 0 Å². The molecule has 1 aromatic rings. The van der Waals surface area contributed by atoms with Crippen LogP contribution in [0.1, 0.15) is 49.4 Å². The monoisotopic (exact) mass is 263 g/mol. The normalized spacial score (nSPS) is 14.7. The molecule has 0 bridgehead atoms. The number of benzene rings is 1. The minimum Gasteiger partial charge on any atom is -0.390 e. The lowest BCUT2D eigenvalue weighted by molar-refractivity contribution is 0.0508. The second-order valence-corrected chi connectivity index (χ2v) is 6.41. The summed E-state index contributed by atoms with van der Waals surface area (Å²) in [4.78, 5) is 0. The topological polar surface area (TPSA) is 32.3 Å². The van der Waals surface area contributed by atoms with Crippen molar-refractivity contribution in [2.75, 3.05) is 6.54 Å². The minimum absolute atomic E-state index is 0.471. The van der Waals surface area contributed by atoms with E-state index in [1.165, 1.54) is 22.3 Å². The number of hydrogen-bond acceptors (Lipinski definition) is 2. The maximum absolute atomic E-state index is 10.6. The van der Waals surface area contributed by atoms with Crippen LogP contribution in [0.3, 0.4) is 0 Å². The van der Waals surface area contributed by atoms with Crippen LogP contribution in [0, 0.1) is 20.8 Å². The van der Waals surface area contributed by atoms with Gasteiger partial charge in [-0.2, -0.15) is 0 Å². The highest BCUT2D eigenvalue weighted by molar-refractivity contribution is 5.38. The standard InChI is InChI=1S/C17H29NO/c1-12(2)18-8-7-17(6,19)11-16-14(4)9-13(3)10-15(16)5/h9-10,12,18-19H,7-8,11H2,1-6H3. The van der Waals surface area contributed by atoms with Crippen molar-refractivity contribution in [3.8, 4) is 0 Å². The highest BCUT2D eigenvalue weighted by Crippen LogP contribution is 2.23. The molecule has 1 atom stereocenters. The van der Waals surface area contributed by atoms with Crippen LogP contribution >= 0.6 is 0 Å². The quantitative estimate of drug-likeness (QED) is 0.825. The Morgan fingerprint density at radius 1 is 1.16 bits per heavy atom. The van der Waals surface area contributed by atoms with Crippen molar-refractivity contribution in [3.05, 3.63) is 34.4 Å². The highest BCUT2D eigenvalue weighted by Gasteiger charge is 2.22. The molecule has 0 aliphatic heterocycles. The zero-order valence-electron chi connectivity index (χ0n) is 13.3. The molecule has 0 heterocycles. The second kappa shape index (κ2) is 6.53. The molecule has 0 radical (unpaired) electrons. The fraction of sp³-hybridized carbons (Fsp3) is 0.647. The first-order chi connectivity index (χ1) is 8.71. The molecular formula is C17H29NO. The molecule has 2 N–H and O–H groups in total.